The molecule has 21 heavy (non-hydrogen) atoms. The van der Waals surface area contributed by atoms with E-state index in [1.807, 2.05) is 24.3 Å². The molecule has 0 saturated heterocycles. The van der Waals surface area contributed by atoms with Crippen LogP contribution in [0.5, 0.6) is 5.75 Å². The first kappa shape index (κ1) is 15.3. The number of pyridine rings is 1. The largest absolute Gasteiger partial charge is 0.496 e. The summed E-state index contributed by atoms with van der Waals surface area (Å²) in [5.41, 5.74) is 1.06. The number of methoxy groups -OCH3 is 1. The predicted octanol–water partition coefficient (Wildman–Crippen LogP) is 3.22. The zero-order valence-electron chi connectivity index (χ0n) is 11.6. The van der Waals surface area contributed by atoms with Crippen molar-refractivity contribution in [3.63, 3.8) is 0 Å². The van der Waals surface area contributed by atoms with Gasteiger partial charge in [-0.2, -0.15) is 0 Å². The van der Waals surface area contributed by atoms with Crippen molar-refractivity contribution < 1.29 is 9.53 Å². The van der Waals surface area contributed by atoms with Crippen molar-refractivity contribution in [2.75, 3.05) is 19.0 Å². The molecule has 0 radical (unpaired) electrons. The average molecular weight is 350 g/mol. The van der Waals surface area contributed by atoms with Crippen LogP contribution in [0.2, 0.25) is 0 Å². The average Bonchev–Trinajstić information content (AvgIpc) is 2.47. The number of para-hydroxylation sites is 1. The fraction of sp³-hybridized carbons (Fsp3) is 0.200. The highest BCUT2D eigenvalue weighted by atomic mass is 79.9. The van der Waals surface area contributed by atoms with E-state index in [0.717, 1.165) is 15.8 Å². The topological polar surface area (TPSA) is 63.2 Å². The summed E-state index contributed by atoms with van der Waals surface area (Å²) in [6.45, 7) is 0.514. The highest BCUT2D eigenvalue weighted by Crippen LogP contribution is 2.17. The molecule has 0 fully saturated rings. The second-order valence-corrected chi connectivity index (χ2v) is 5.22. The van der Waals surface area contributed by atoms with E-state index in [2.05, 4.69) is 31.5 Å². The van der Waals surface area contributed by atoms with Gasteiger partial charge < -0.3 is 10.1 Å². The number of carbonyl (C=O) groups excluding carboxylic acids is 1. The minimum absolute atomic E-state index is 0.282. The predicted molar refractivity (Wildman–Crippen MR) is 85.7 cm³/mol. The molecule has 1 aromatic carbocycles. The molecular formula is C15H16BrN3O2. The molecule has 0 aliphatic heterocycles. The van der Waals surface area contributed by atoms with Crippen molar-refractivity contribution in [2.45, 2.75) is 6.42 Å². The van der Waals surface area contributed by atoms with Crippen LogP contribution < -0.4 is 15.4 Å². The van der Waals surface area contributed by atoms with Crippen molar-refractivity contribution >= 4 is 27.8 Å². The first-order valence-electron chi connectivity index (χ1n) is 6.47. The van der Waals surface area contributed by atoms with E-state index in [4.69, 9.17) is 4.74 Å². The lowest BCUT2D eigenvalue weighted by Crippen LogP contribution is -2.30. The lowest BCUT2D eigenvalue weighted by Gasteiger charge is -2.09. The number of ether oxygens (including phenoxy) is 1. The van der Waals surface area contributed by atoms with Crippen LogP contribution in [-0.4, -0.2) is 24.7 Å². The molecule has 0 bridgehead atoms. The summed E-state index contributed by atoms with van der Waals surface area (Å²) in [6.07, 6.45) is 2.32. The molecule has 1 heterocycles. The van der Waals surface area contributed by atoms with Crippen LogP contribution in [0.25, 0.3) is 0 Å². The molecular weight excluding hydrogens is 334 g/mol. The first-order chi connectivity index (χ1) is 10.2. The summed E-state index contributed by atoms with van der Waals surface area (Å²) in [5.74, 6) is 1.33. The Kier molecular flexibility index (Phi) is 5.57. The maximum atomic E-state index is 11.8. The van der Waals surface area contributed by atoms with E-state index in [1.54, 1.807) is 25.4 Å². The minimum Gasteiger partial charge on any atom is -0.496 e. The molecule has 0 atom stereocenters. The maximum absolute atomic E-state index is 11.8. The number of benzene rings is 1. The summed E-state index contributed by atoms with van der Waals surface area (Å²) in [7, 11) is 1.64. The number of rotatable bonds is 5. The highest BCUT2D eigenvalue weighted by molar-refractivity contribution is 9.10. The summed E-state index contributed by atoms with van der Waals surface area (Å²) >= 11 is 3.33. The van der Waals surface area contributed by atoms with E-state index in [9.17, 15) is 4.79 Å². The molecule has 0 aliphatic carbocycles. The third-order valence-electron chi connectivity index (χ3n) is 2.84. The van der Waals surface area contributed by atoms with E-state index >= 15 is 0 Å². The number of nitrogens with one attached hydrogen (secondary N) is 2. The normalized spacial score (nSPS) is 10.0. The number of amides is 2. The number of anilines is 1. The molecule has 2 N–H and O–H groups in total. The van der Waals surface area contributed by atoms with E-state index in [1.165, 1.54) is 0 Å². The lowest BCUT2D eigenvalue weighted by molar-refractivity contribution is 0.252. The SMILES string of the molecule is COc1ccccc1CCNC(=O)Nc1cc(Br)ccn1. The van der Waals surface area contributed by atoms with Crippen molar-refractivity contribution in [2.24, 2.45) is 0 Å². The molecule has 2 amide bonds. The maximum Gasteiger partial charge on any atom is 0.320 e. The van der Waals surface area contributed by atoms with Crippen molar-refractivity contribution in [1.82, 2.24) is 10.3 Å². The van der Waals surface area contributed by atoms with Gasteiger partial charge in [0.1, 0.15) is 11.6 Å². The Balaban J connectivity index is 1.82. The quantitative estimate of drug-likeness (QED) is 0.870. The number of urea groups is 1. The fourth-order valence-electron chi connectivity index (χ4n) is 1.85. The van der Waals surface area contributed by atoms with Gasteiger partial charge in [0, 0.05) is 17.2 Å². The summed E-state index contributed by atoms with van der Waals surface area (Å²) in [6, 6.07) is 11.0. The second-order valence-electron chi connectivity index (χ2n) is 4.30. The van der Waals surface area contributed by atoms with Gasteiger partial charge in [-0.15, -0.1) is 0 Å². The monoisotopic (exact) mass is 349 g/mol. The number of aromatic nitrogens is 1. The Morgan fingerprint density at radius 3 is 2.90 bits per heavy atom. The van der Waals surface area contributed by atoms with Gasteiger partial charge in [0.2, 0.25) is 0 Å². The highest BCUT2D eigenvalue weighted by Gasteiger charge is 2.05. The van der Waals surface area contributed by atoms with Crippen LogP contribution >= 0.6 is 15.9 Å². The van der Waals surface area contributed by atoms with Crippen molar-refractivity contribution in [1.29, 1.82) is 0 Å². The summed E-state index contributed by atoms with van der Waals surface area (Å²) in [5, 5.41) is 5.46. The molecule has 1 aromatic heterocycles. The van der Waals surface area contributed by atoms with Crippen LogP contribution in [0.4, 0.5) is 10.6 Å². The molecule has 0 spiro atoms. The molecule has 6 heteroatoms. The van der Waals surface area contributed by atoms with Crippen molar-refractivity contribution in [3.05, 3.63) is 52.6 Å². The number of hydrogen-bond acceptors (Lipinski definition) is 3. The third kappa shape index (κ3) is 4.75. The van der Waals surface area contributed by atoms with Crippen LogP contribution in [-0.2, 0) is 6.42 Å². The Morgan fingerprint density at radius 1 is 1.33 bits per heavy atom. The van der Waals surface area contributed by atoms with Crippen LogP contribution in [0.3, 0.4) is 0 Å². The minimum atomic E-state index is -0.282. The van der Waals surface area contributed by atoms with Gasteiger partial charge in [-0.1, -0.05) is 34.1 Å². The lowest BCUT2D eigenvalue weighted by atomic mass is 10.1. The number of nitrogens with zero attached hydrogens (tertiary/aromatic N) is 1. The van der Waals surface area contributed by atoms with Crippen LogP contribution in [0.15, 0.2) is 47.1 Å². The number of hydrogen-bond donors (Lipinski definition) is 2. The molecule has 110 valence electrons. The van der Waals surface area contributed by atoms with Gasteiger partial charge in [-0.05, 0) is 30.2 Å². The fourth-order valence-corrected chi connectivity index (χ4v) is 2.19. The van der Waals surface area contributed by atoms with Gasteiger partial charge in [-0.3, -0.25) is 5.32 Å². The molecule has 5 nitrogen and oxygen atoms in total. The summed E-state index contributed by atoms with van der Waals surface area (Å²) < 4.78 is 6.13. The van der Waals surface area contributed by atoms with Gasteiger partial charge in [0.25, 0.3) is 0 Å². The Labute approximate surface area is 131 Å². The van der Waals surface area contributed by atoms with Crippen LogP contribution in [0, 0.1) is 0 Å². The number of carbonyl (C=O) groups is 1. The standard InChI is InChI=1S/C15H16BrN3O2/c1-21-13-5-3-2-4-11(13)6-8-18-15(20)19-14-10-12(16)7-9-17-14/h2-5,7,9-10H,6,8H2,1H3,(H2,17,18,19,20). The van der Waals surface area contributed by atoms with E-state index < -0.39 is 0 Å². The Morgan fingerprint density at radius 2 is 2.14 bits per heavy atom. The van der Waals surface area contributed by atoms with Gasteiger partial charge in [-0.25, -0.2) is 9.78 Å². The van der Waals surface area contributed by atoms with Crippen LogP contribution in [0.1, 0.15) is 5.56 Å². The molecule has 0 unspecified atom stereocenters. The Bertz CT molecular complexity index is 619. The second kappa shape index (κ2) is 7.64. The first-order valence-corrected chi connectivity index (χ1v) is 7.26. The summed E-state index contributed by atoms with van der Waals surface area (Å²) in [4.78, 5) is 15.8. The molecule has 2 rings (SSSR count). The smallest absolute Gasteiger partial charge is 0.320 e. The van der Waals surface area contributed by atoms with Gasteiger partial charge >= 0.3 is 6.03 Å². The molecule has 2 aromatic rings. The van der Waals surface area contributed by atoms with Gasteiger partial charge in [0.05, 0.1) is 7.11 Å². The zero-order valence-corrected chi connectivity index (χ0v) is 13.2. The third-order valence-corrected chi connectivity index (χ3v) is 3.33. The Hall–Kier alpha value is -2.08. The van der Waals surface area contributed by atoms with E-state index in [0.29, 0.717) is 18.8 Å². The van der Waals surface area contributed by atoms with Gasteiger partial charge in [0.15, 0.2) is 0 Å². The zero-order chi connectivity index (χ0) is 15.1. The van der Waals surface area contributed by atoms with Crippen molar-refractivity contribution in [3.8, 4) is 5.75 Å². The van der Waals surface area contributed by atoms with E-state index in [-0.39, 0.29) is 6.03 Å². The molecule has 0 aliphatic rings. The molecule has 0 saturated carbocycles. The number of halogens is 1.